The molecule has 0 aliphatic carbocycles. The van der Waals surface area contributed by atoms with Crippen molar-refractivity contribution in [3.8, 4) is 0 Å². The molecular formula is C35H29Cl2N3O4S. The number of nitrogens with one attached hydrogen (secondary N) is 2. The number of hydrogen-bond donors (Lipinski definition) is 2. The second-order valence-electron chi connectivity index (χ2n) is 10.7. The van der Waals surface area contributed by atoms with Crippen molar-refractivity contribution in [2.24, 2.45) is 0 Å². The third-order valence-electron chi connectivity index (χ3n) is 7.08. The van der Waals surface area contributed by atoms with E-state index in [0.29, 0.717) is 32.8 Å². The van der Waals surface area contributed by atoms with E-state index in [9.17, 15) is 19.2 Å². The Kier molecular flexibility index (Phi) is 10.1. The Morgan fingerprint density at radius 2 is 1.62 bits per heavy atom. The molecule has 45 heavy (non-hydrogen) atoms. The van der Waals surface area contributed by atoms with Gasteiger partial charge in [-0.15, -0.1) is 11.8 Å². The summed E-state index contributed by atoms with van der Waals surface area (Å²) >= 11 is 13.3. The maximum Gasteiger partial charge on any atom is 0.272 e. The van der Waals surface area contributed by atoms with E-state index in [-0.39, 0.29) is 29.0 Å². The minimum atomic E-state index is -0.660. The normalized spacial score (nSPS) is 15.0. The van der Waals surface area contributed by atoms with Gasteiger partial charge in [-0.1, -0.05) is 85.6 Å². The Hall–Kier alpha value is -4.37. The lowest BCUT2D eigenvalue weighted by Crippen LogP contribution is -2.31. The number of thioether (sulfide) groups is 1. The van der Waals surface area contributed by atoms with Crippen LogP contribution in [0.2, 0.25) is 10.0 Å². The number of hydrogen-bond acceptors (Lipinski definition) is 5. The van der Waals surface area contributed by atoms with Gasteiger partial charge in [0.15, 0.2) is 0 Å². The van der Waals surface area contributed by atoms with Crippen molar-refractivity contribution >= 4 is 76.0 Å². The zero-order valence-electron chi connectivity index (χ0n) is 24.4. The van der Waals surface area contributed by atoms with Gasteiger partial charge in [0.05, 0.1) is 21.0 Å². The quantitative estimate of drug-likeness (QED) is 0.141. The van der Waals surface area contributed by atoms with Crippen molar-refractivity contribution in [2.45, 2.75) is 36.3 Å². The highest BCUT2D eigenvalue weighted by atomic mass is 35.5. The summed E-state index contributed by atoms with van der Waals surface area (Å²) in [6, 6.07) is 28.0. The summed E-state index contributed by atoms with van der Waals surface area (Å²) in [7, 11) is 0. The number of carbonyl (C=O) groups is 4. The van der Waals surface area contributed by atoms with Gasteiger partial charge in [0.1, 0.15) is 5.70 Å². The fourth-order valence-corrected chi connectivity index (χ4v) is 6.09. The Labute approximate surface area is 275 Å². The standard InChI is InChI=1S/C35H29Cl2N3O4S/c1-21(2)23-13-11-22(12-14-23)17-30(39-33(42)24-7-4-3-5-8-24)34(43)38-25-9-6-10-27(18-25)45-31-20-32(41)40(35(31)44)26-15-16-28(36)29(37)19-26/h3-19,21,31H,20H2,1-2H3,(H,38,43)(H,39,42). The first-order valence-corrected chi connectivity index (χ1v) is 15.8. The zero-order valence-corrected chi connectivity index (χ0v) is 26.7. The SMILES string of the molecule is CC(C)c1ccc(C=C(NC(=O)c2ccccc2)C(=O)Nc2cccc(SC3CC(=O)N(c4ccc(Cl)c(Cl)c4)C3=O)c2)cc1. The van der Waals surface area contributed by atoms with E-state index in [2.05, 4.69) is 24.5 Å². The van der Waals surface area contributed by atoms with Crippen LogP contribution in [-0.4, -0.2) is 28.9 Å². The van der Waals surface area contributed by atoms with Crippen molar-refractivity contribution in [1.82, 2.24) is 5.32 Å². The molecule has 10 heteroatoms. The van der Waals surface area contributed by atoms with Gasteiger partial charge >= 0.3 is 0 Å². The first-order chi connectivity index (χ1) is 21.6. The van der Waals surface area contributed by atoms with Crippen LogP contribution in [0.25, 0.3) is 6.08 Å². The molecule has 0 radical (unpaired) electrons. The molecule has 4 amide bonds. The number of amides is 4. The predicted molar refractivity (Wildman–Crippen MR) is 181 cm³/mol. The minimum absolute atomic E-state index is 0.00827. The fraction of sp³-hybridized carbons (Fsp3) is 0.143. The molecule has 4 aromatic rings. The summed E-state index contributed by atoms with van der Waals surface area (Å²) < 4.78 is 0. The van der Waals surface area contributed by atoms with E-state index in [1.165, 1.54) is 23.9 Å². The van der Waals surface area contributed by atoms with Gasteiger partial charge in [-0.3, -0.25) is 19.2 Å². The molecule has 1 aliphatic rings. The lowest BCUT2D eigenvalue weighted by molar-refractivity contribution is -0.121. The average Bonchev–Trinajstić information content (AvgIpc) is 3.30. The van der Waals surface area contributed by atoms with E-state index < -0.39 is 17.1 Å². The van der Waals surface area contributed by atoms with E-state index >= 15 is 0 Å². The molecule has 5 rings (SSSR count). The van der Waals surface area contributed by atoms with Gasteiger partial charge in [0.25, 0.3) is 11.8 Å². The first kappa shape index (κ1) is 32.0. The Balaban J connectivity index is 1.33. The van der Waals surface area contributed by atoms with Gasteiger partial charge in [-0.05, 0) is 71.7 Å². The van der Waals surface area contributed by atoms with E-state index in [1.807, 2.05) is 24.3 Å². The van der Waals surface area contributed by atoms with Crippen molar-refractivity contribution in [3.05, 3.63) is 129 Å². The van der Waals surface area contributed by atoms with Gasteiger partial charge in [0, 0.05) is 22.6 Å². The number of benzene rings is 4. The molecule has 228 valence electrons. The number of anilines is 2. The molecule has 1 heterocycles. The summed E-state index contributed by atoms with van der Waals surface area (Å²) in [6.07, 6.45) is 1.63. The molecule has 1 atom stereocenters. The summed E-state index contributed by atoms with van der Waals surface area (Å²) in [4.78, 5) is 54.3. The summed E-state index contributed by atoms with van der Waals surface area (Å²) in [6.45, 7) is 4.20. The second-order valence-corrected chi connectivity index (χ2v) is 12.7. The Morgan fingerprint density at radius 3 is 2.31 bits per heavy atom. The highest BCUT2D eigenvalue weighted by Gasteiger charge is 2.40. The van der Waals surface area contributed by atoms with Crippen LogP contribution in [0.1, 0.15) is 47.7 Å². The smallest absolute Gasteiger partial charge is 0.272 e. The number of carbonyl (C=O) groups excluding carboxylic acids is 4. The van der Waals surface area contributed by atoms with Gasteiger partial charge in [0.2, 0.25) is 11.8 Å². The third kappa shape index (κ3) is 7.84. The molecule has 1 aliphatic heterocycles. The molecule has 0 bridgehead atoms. The highest BCUT2D eigenvalue weighted by molar-refractivity contribution is 8.00. The zero-order chi connectivity index (χ0) is 32.1. The highest BCUT2D eigenvalue weighted by Crippen LogP contribution is 2.36. The van der Waals surface area contributed by atoms with Gasteiger partial charge in [-0.2, -0.15) is 0 Å². The van der Waals surface area contributed by atoms with Crippen LogP contribution >= 0.6 is 35.0 Å². The van der Waals surface area contributed by atoms with Crippen molar-refractivity contribution in [2.75, 3.05) is 10.2 Å². The molecule has 0 spiro atoms. The molecule has 1 saturated heterocycles. The molecule has 0 saturated carbocycles. The van der Waals surface area contributed by atoms with Crippen LogP contribution in [0, 0.1) is 0 Å². The fourth-order valence-electron chi connectivity index (χ4n) is 4.69. The topological polar surface area (TPSA) is 95.6 Å². The maximum atomic E-state index is 13.5. The first-order valence-electron chi connectivity index (χ1n) is 14.2. The van der Waals surface area contributed by atoms with Crippen LogP contribution in [0.4, 0.5) is 11.4 Å². The lowest BCUT2D eigenvalue weighted by atomic mass is 10.0. The number of rotatable bonds is 9. The van der Waals surface area contributed by atoms with Crippen molar-refractivity contribution < 1.29 is 19.2 Å². The molecule has 1 unspecified atom stereocenters. The third-order valence-corrected chi connectivity index (χ3v) is 9.00. The summed E-state index contributed by atoms with van der Waals surface area (Å²) in [5.41, 5.74) is 3.20. The van der Waals surface area contributed by atoms with Crippen LogP contribution in [0.5, 0.6) is 0 Å². The van der Waals surface area contributed by atoms with E-state index in [4.69, 9.17) is 23.2 Å². The van der Waals surface area contributed by atoms with Crippen molar-refractivity contribution in [3.63, 3.8) is 0 Å². The number of nitrogens with zero attached hydrogens (tertiary/aromatic N) is 1. The molecule has 4 aromatic carbocycles. The van der Waals surface area contributed by atoms with Gasteiger partial charge < -0.3 is 10.6 Å². The van der Waals surface area contributed by atoms with Crippen LogP contribution < -0.4 is 15.5 Å². The number of imide groups is 1. The largest absolute Gasteiger partial charge is 0.321 e. The molecule has 7 nitrogen and oxygen atoms in total. The molecular weight excluding hydrogens is 629 g/mol. The molecule has 0 aromatic heterocycles. The summed E-state index contributed by atoms with van der Waals surface area (Å²) in [5, 5.41) is 5.52. The van der Waals surface area contributed by atoms with E-state index in [0.717, 1.165) is 16.0 Å². The Morgan fingerprint density at radius 1 is 0.889 bits per heavy atom. The lowest BCUT2D eigenvalue weighted by Gasteiger charge is -2.16. The maximum absolute atomic E-state index is 13.5. The van der Waals surface area contributed by atoms with Gasteiger partial charge in [-0.25, -0.2) is 4.90 Å². The molecule has 2 N–H and O–H groups in total. The summed E-state index contributed by atoms with van der Waals surface area (Å²) in [5.74, 6) is -1.30. The van der Waals surface area contributed by atoms with Crippen molar-refractivity contribution in [1.29, 1.82) is 0 Å². The Bertz CT molecular complexity index is 1790. The second kappa shape index (κ2) is 14.2. The number of halogens is 2. The molecule has 1 fully saturated rings. The van der Waals surface area contributed by atoms with Crippen LogP contribution in [0.3, 0.4) is 0 Å². The van der Waals surface area contributed by atoms with Crippen LogP contribution in [0.15, 0.2) is 108 Å². The average molecular weight is 659 g/mol. The predicted octanol–water partition coefficient (Wildman–Crippen LogP) is 7.95. The van der Waals surface area contributed by atoms with Crippen LogP contribution in [-0.2, 0) is 14.4 Å². The monoisotopic (exact) mass is 657 g/mol. The van der Waals surface area contributed by atoms with E-state index in [1.54, 1.807) is 66.7 Å². The minimum Gasteiger partial charge on any atom is -0.321 e.